The number of anilines is 1. The van der Waals surface area contributed by atoms with Gasteiger partial charge in [-0.25, -0.2) is 9.97 Å². The number of aromatic nitrogens is 2. The molecule has 0 bridgehead atoms. The predicted molar refractivity (Wildman–Crippen MR) is 81.0 cm³/mol. The number of nitrogens with two attached hydrogens (primary N) is 1. The standard InChI is InChI=1S/C14H17BrN4/c1-10-2-3-12(15)8-11(10)4-6-17-13-5-7-18-14(9-16)19-13/h2-3,5,7-8H,4,6,9,16H2,1H3,(H,17,18,19). The first-order valence-electron chi connectivity index (χ1n) is 6.20. The molecule has 2 aromatic rings. The van der Waals surface area contributed by atoms with E-state index in [0.29, 0.717) is 12.4 Å². The largest absolute Gasteiger partial charge is 0.370 e. The Hall–Kier alpha value is -1.46. The molecule has 0 aliphatic rings. The molecule has 5 heteroatoms. The number of aryl methyl sites for hydroxylation is 1. The smallest absolute Gasteiger partial charge is 0.144 e. The van der Waals surface area contributed by atoms with Crippen molar-refractivity contribution in [3.05, 3.63) is 51.9 Å². The van der Waals surface area contributed by atoms with E-state index in [4.69, 9.17) is 5.73 Å². The van der Waals surface area contributed by atoms with Crippen LogP contribution in [0.1, 0.15) is 17.0 Å². The molecule has 0 saturated carbocycles. The zero-order chi connectivity index (χ0) is 13.7. The molecule has 19 heavy (non-hydrogen) atoms. The Morgan fingerprint density at radius 2 is 2.16 bits per heavy atom. The Morgan fingerprint density at radius 3 is 2.95 bits per heavy atom. The van der Waals surface area contributed by atoms with E-state index in [1.165, 1.54) is 11.1 Å². The number of halogens is 1. The summed E-state index contributed by atoms with van der Waals surface area (Å²) in [5.41, 5.74) is 8.15. The Balaban J connectivity index is 1.94. The number of nitrogens with zero attached hydrogens (tertiary/aromatic N) is 2. The molecule has 1 heterocycles. The van der Waals surface area contributed by atoms with Gasteiger partial charge in [0.25, 0.3) is 0 Å². The molecular formula is C14H17BrN4. The van der Waals surface area contributed by atoms with Gasteiger partial charge in [0.1, 0.15) is 11.6 Å². The van der Waals surface area contributed by atoms with Gasteiger partial charge in [0.15, 0.2) is 0 Å². The minimum atomic E-state index is 0.361. The van der Waals surface area contributed by atoms with Gasteiger partial charge in [-0.2, -0.15) is 0 Å². The first-order chi connectivity index (χ1) is 9.19. The number of hydrogen-bond acceptors (Lipinski definition) is 4. The van der Waals surface area contributed by atoms with E-state index in [1.54, 1.807) is 6.20 Å². The van der Waals surface area contributed by atoms with Gasteiger partial charge < -0.3 is 11.1 Å². The topological polar surface area (TPSA) is 63.8 Å². The van der Waals surface area contributed by atoms with Crippen LogP contribution in [0.4, 0.5) is 5.82 Å². The van der Waals surface area contributed by atoms with Gasteiger partial charge in [-0.3, -0.25) is 0 Å². The first-order valence-corrected chi connectivity index (χ1v) is 6.99. The quantitative estimate of drug-likeness (QED) is 0.889. The average Bonchev–Trinajstić information content (AvgIpc) is 2.43. The summed E-state index contributed by atoms with van der Waals surface area (Å²) in [5.74, 6) is 1.48. The van der Waals surface area contributed by atoms with Crippen molar-refractivity contribution in [1.82, 2.24) is 9.97 Å². The highest BCUT2D eigenvalue weighted by Gasteiger charge is 2.01. The summed E-state index contributed by atoms with van der Waals surface area (Å²) >= 11 is 3.50. The van der Waals surface area contributed by atoms with E-state index in [1.807, 2.05) is 6.07 Å². The summed E-state index contributed by atoms with van der Waals surface area (Å²) in [4.78, 5) is 8.37. The Labute approximate surface area is 121 Å². The van der Waals surface area contributed by atoms with Gasteiger partial charge in [0.2, 0.25) is 0 Å². The van der Waals surface area contributed by atoms with Crippen LogP contribution in [-0.4, -0.2) is 16.5 Å². The molecule has 1 aromatic carbocycles. The third-order valence-corrected chi connectivity index (χ3v) is 3.39. The molecule has 1 aromatic heterocycles. The van der Waals surface area contributed by atoms with Crippen molar-refractivity contribution in [3.63, 3.8) is 0 Å². The van der Waals surface area contributed by atoms with E-state index in [2.05, 4.69) is 56.3 Å². The van der Waals surface area contributed by atoms with Crippen molar-refractivity contribution in [1.29, 1.82) is 0 Å². The molecule has 100 valence electrons. The third-order valence-electron chi connectivity index (χ3n) is 2.90. The lowest BCUT2D eigenvalue weighted by Crippen LogP contribution is -2.10. The van der Waals surface area contributed by atoms with Crippen molar-refractivity contribution >= 4 is 21.7 Å². The molecule has 0 spiro atoms. The average molecular weight is 321 g/mol. The fourth-order valence-corrected chi connectivity index (χ4v) is 2.24. The SMILES string of the molecule is Cc1ccc(Br)cc1CCNc1ccnc(CN)n1. The minimum absolute atomic E-state index is 0.361. The number of rotatable bonds is 5. The minimum Gasteiger partial charge on any atom is -0.370 e. The molecule has 3 N–H and O–H groups in total. The molecule has 0 radical (unpaired) electrons. The molecule has 0 atom stereocenters. The van der Waals surface area contributed by atoms with Gasteiger partial charge in [0.05, 0.1) is 6.54 Å². The molecular weight excluding hydrogens is 304 g/mol. The number of benzene rings is 1. The molecule has 0 amide bonds. The lowest BCUT2D eigenvalue weighted by atomic mass is 10.1. The second-order valence-corrected chi connectivity index (χ2v) is 5.23. The summed E-state index contributed by atoms with van der Waals surface area (Å²) in [5, 5.41) is 3.29. The van der Waals surface area contributed by atoms with E-state index >= 15 is 0 Å². The molecule has 0 aliphatic heterocycles. The van der Waals surface area contributed by atoms with E-state index in [0.717, 1.165) is 23.3 Å². The highest BCUT2D eigenvalue weighted by atomic mass is 79.9. The number of hydrogen-bond donors (Lipinski definition) is 2. The Kier molecular flexibility index (Phi) is 4.87. The van der Waals surface area contributed by atoms with E-state index in [-0.39, 0.29) is 0 Å². The fourth-order valence-electron chi connectivity index (χ4n) is 1.83. The van der Waals surface area contributed by atoms with Crippen LogP contribution in [0, 0.1) is 6.92 Å². The second-order valence-electron chi connectivity index (χ2n) is 4.31. The van der Waals surface area contributed by atoms with Crippen LogP contribution in [-0.2, 0) is 13.0 Å². The van der Waals surface area contributed by atoms with Gasteiger partial charge in [-0.15, -0.1) is 0 Å². The maximum Gasteiger partial charge on any atom is 0.144 e. The van der Waals surface area contributed by atoms with Crippen LogP contribution in [0.25, 0.3) is 0 Å². The summed E-state index contributed by atoms with van der Waals surface area (Å²) < 4.78 is 1.11. The maximum absolute atomic E-state index is 5.52. The first kappa shape index (κ1) is 14.0. The summed E-state index contributed by atoms with van der Waals surface area (Å²) in [6, 6.07) is 8.19. The highest BCUT2D eigenvalue weighted by Crippen LogP contribution is 2.16. The molecule has 2 rings (SSSR count). The molecule has 0 unspecified atom stereocenters. The van der Waals surface area contributed by atoms with Crippen LogP contribution in [0.3, 0.4) is 0 Å². The van der Waals surface area contributed by atoms with Crippen LogP contribution in [0.5, 0.6) is 0 Å². The summed E-state index contributed by atoms with van der Waals surface area (Å²) in [6.45, 7) is 3.32. The molecule has 0 saturated heterocycles. The van der Waals surface area contributed by atoms with Gasteiger partial charge in [-0.05, 0) is 42.7 Å². The monoisotopic (exact) mass is 320 g/mol. The highest BCUT2D eigenvalue weighted by molar-refractivity contribution is 9.10. The second kappa shape index (κ2) is 6.63. The maximum atomic E-state index is 5.52. The zero-order valence-electron chi connectivity index (χ0n) is 10.9. The van der Waals surface area contributed by atoms with Gasteiger partial charge >= 0.3 is 0 Å². The van der Waals surface area contributed by atoms with Crippen LogP contribution < -0.4 is 11.1 Å². The van der Waals surface area contributed by atoms with E-state index in [9.17, 15) is 0 Å². The van der Waals surface area contributed by atoms with Crippen molar-refractivity contribution < 1.29 is 0 Å². The molecule has 0 fully saturated rings. The summed E-state index contributed by atoms with van der Waals surface area (Å²) in [7, 11) is 0. The normalized spacial score (nSPS) is 10.5. The van der Waals surface area contributed by atoms with Crippen molar-refractivity contribution in [2.24, 2.45) is 5.73 Å². The van der Waals surface area contributed by atoms with Gasteiger partial charge in [0, 0.05) is 17.2 Å². The van der Waals surface area contributed by atoms with Crippen LogP contribution >= 0.6 is 15.9 Å². The number of nitrogens with one attached hydrogen (secondary N) is 1. The van der Waals surface area contributed by atoms with Crippen molar-refractivity contribution in [2.45, 2.75) is 19.9 Å². The lowest BCUT2D eigenvalue weighted by Gasteiger charge is -2.09. The molecule has 4 nitrogen and oxygen atoms in total. The van der Waals surface area contributed by atoms with Crippen LogP contribution in [0.2, 0.25) is 0 Å². The van der Waals surface area contributed by atoms with Crippen LogP contribution in [0.15, 0.2) is 34.9 Å². The summed E-state index contributed by atoms with van der Waals surface area (Å²) in [6.07, 6.45) is 2.68. The van der Waals surface area contributed by atoms with Crippen molar-refractivity contribution in [3.8, 4) is 0 Å². The molecule has 0 aliphatic carbocycles. The lowest BCUT2D eigenvalue weighted by molar-refractivity contribution is 0.899. The third kappa shape index (κ3) is 4.01. The zero-order valence-corrected chi connectivity index (χ0v) is 12.4. The van der Waals surface area contributed by atoms with E-state index < -0.39 is 0 Å². The Morgan fingerprint density at radius 1 is 1.32 bits per heavy atom. The fraction of sp³-hybridized carbons (Fsp3) is 0.286. The Bertz CT molecular complexity index is 557. The predicted octanol–water partition coefficient (Wildman–Crippen LogP) is 2.66. The van der Waals surface area contributed by atoms with Gasteiger partial charge in [-0.1, -0.05) is 22.0 Å². The van der Waals surface area contributed by atoms with Crippen molar-refractivity contribution in [2.75, 3.05) is 11.9 Å².